The maximum atomic E-state index is 12.6. The molecule has 0 spiro atoms. The van der Waals surface area contributed by atoms with Crippen molar-refractivity contribution in [3.63, 3.8) is 0 Å². The molecule has 0 bridgehead atoms. The van der Waals surface area contributed by atoms with E-state index in [4.69, 9.17) is 0 Å². The molecule has 1 heterocycles. The van der Waals surface area contributed by atoms with Gasteiger partial charge in [0.15, 0.2) is 0 Å². The van der Waals surface area contributed by atoms with Gasteiger partial charge in [-0.25, -0.2) is 8.42 Å². The number of benzene rings is 1. The Morgan fingerprint density at radius 3 is 2.38 bits per heavy atom. The average Bonchev–Trinajstić information content (AvgIpc) is 2.37. The van der Waals surface area contributed by atoms with Crippen LogP contribution in [0, 0.1) is 5.92 Å². The van der Waals surface area contributed by atoms with Gasteiger partial charge in [-0.1, -0.05) is 6.07 Å². The summed E-state index contributed by atoms with van der Waals surface area (Å²) in [4.78, 5) is 12.0. The van der Waals surface area contributed by atoms with Crippen molar-refractivity contribution in [2.75, 3.05) is 16.8 Å². The largest absolute Gasteiger partial charge is 0.416 e. The minimum atomic E-state index is -4.47. The number of carbonyl (C=O) groups excluding carboxylic acids is 1. The monoisotopic (exact) mass is 321 g/mol. The predicted molar refractivity (Wildman–Crippen MR) is 71.5 cm³/mol. The van der Waals surface area contributed by atoms with Crippen LogP contribution in [-0.4, -0.2) is 25.8 Å². The van der Waals surface area contributed by atoms with Gasteiger partial charge in [-0.15, -0.1) is 0 Å². The second-order valence-electron chi connectivity index (χ2n) is 4.99. The van der Waals surface area contributed by atoms with Crippen molar-refractivity contribution in [1.29, 1.82) is 0 Å². The summed E-state index contributed by atoms with van der Waals surface area (Å²) in [6, 6.07) is 4.36. The number of halogens is 3. The molecule has 116 valence electrons. The van der Waals surface area contributed by atoms with Crippen LogP contribution >= 0.6 is 0 Å². The Hall–Kier alpha value is -1.57. The van der Waals surface area contributed by atoms with Gasteiger partial charge in [0.05, 0.1) is 17.1 Å². The number of carbonyl (C=O) groups is 1. The second-order valence-corrected chi connectivity index (χ2v) is 7.30. The SMILES string of the molecule is O=C(Nc1cccc(C(F)(F)F)c1)C1CCS(=O)(=O)CC1. The fraction of sp³-hybridized carbons (Fsp3) is 0.462. The number of hydrogen-bond donors (Lipinski definition) is 1. The van der Waals surface area contributed by atoms with Gasteiger partial charge in [-0.05, 0) is 31.0 Å². The summed E-state index contributed by atoms with van der Waals surface area (Å²) in [5, 5.41) is 2.42. The number of alkyl halides is 3. The van der Waals surface area contributed by atoms with Crippen molar-refractivity contribution < 1.29 is 26.4 Å². The van der Waals surface area contributed by atoms with E-state index in [9.17, 15) is 26.4 Å². The number of sulfone groups is 1. The third-order valence-corrected chi connectivity index (χ3v) is 5.10. The quantitative estimate of drug-likeness (QED) is 0.910. The normalized spacial score (nSPS) is 19.2. The Labute approximate surface area is 120 Å². The van der Waals surface area contributed by atoms with Gasteiger partial charge in [0.2, 0.25) is 5.91 Å². The fourth-order valence-corrected chi connectivity index (χ4v) is 3.66. The summed E-state index contributed by atoms with van der Waals surface area (Å²) < 4.78 is 60.2. The molecule has 0 saturated carbocycles. The molecular formula is C13H14F3NO3S. The summed E-state index contributed by atoms with van der Waals surface area (Å²) in [6.45, 7) is 0. The molecule has 1 aromatic carbocycles. The lowest BCUT2D eigenvalue weighted by Gasteiger charge is -2.21. The molecule has 1 N–H and O–H groups in total. The van der Waals surface area contributed by atoms with Crippen LogP contribution in [0.4, 0.5) is 18.9 Å². The smallest absolute Gasteiger partial charge is 0.326 e. The molecule has 21 heavy (non-hydrogen) atoms. The average molecular weight is 321 g/mol. The number of hydrogen-bond acceptors (Lipinski definition) is 3. The maximum Gasteiger partial charge on any atom is 0.416 e. The molecule has 0 atom stereocenters. The first kappa shape index (κ1) is 15.8. The molecule has 0 radical (unpaired) electrons. The Morgan fingerprint density at radius 1 is 1.19 bits per heavy atom. The predicted octanol–water partition coefficient (Wildman–Crippen LogP) is 2.47. The molecule has 1 aliphatic rings. The standard InChI is InChI=1S/C13H14F3NO3S/c14-13(15,16)10-2-1-3-11(8-10)17-12(18)9-4-6-21(19,20)7-5-9/h1-3,8-9H,4-7H2,(H,17,18). The molecule has 4 nitrogen and oxygen atoms in total. The van der Waals surface area contributed by atoms with Crippen molar-refractivity contribution in [3.05, 3.63) is 29.8 Å². The van der Waals surface area contributed by atoms with E-state index in [2.05, 4.69) is 5.32 Å². The molecule has 1 fully saturated rings. The summed E-state index contributed by atoms with van der Waals surface area (Å²) in [5.41, 5.74) is -0.783. The fourth-order valence-electron chi connectivity index (χ4n) is 2.17. The first-order valence-corrected chi connectivity index (χ1v) is 8.18. The molecule has 1 aromatic rings. The van der Waals surface area contributed by atoms with E-state index < -0.39 is 33.4 Å². The van der Waals surface area contributed by atoms with Crippen LogP contribution < -0.4 is 5.32 Å². The van der Waals surface area contributed by atoms with E-state index in [0.29, 0.717) is 0 Å². The van der Waals surface area contributed by atoms with Crippen LogP contribution in [0.1, 0.15) is 18.4 Å². The molecule has 0 aliphatic carbocycles. The van der Waals surface area contributed by atoms with Crippen LogP contribution in [0.5, 0.6) is 0 Å². The molecule has 1 aliphatic heterocycles. The Kier molecular flexibility index (Phi) is 4.27. The summed E-state index contributed by atoms with van der Waals surface area (Å²) in [5.74, 6) is -1.05. The van der Waals surface area contributed by atoms with Crippen molar-refractivity contribution in [3.8, 4) is 0 Å². The van der Waals surface area contributed by atoms with E-state index in [0.717, 1.165) is 12.1 Å². The highest BCUT2D eigenvalue weighted by molar-refractivity contribution is 7.91. The van der Waals surface area contributed by atoms with Crippen LogP contribution in [0.25, 0.3) is 0 Å². The van der Waals surface area contributed by atoms with Crippen LogP contribution in [0.3, 0.4) is 0 Å². The third kappa shape index (κ3) is 4.20. The van der Waals surface area contributed by atoms with Crippen LogP contribution in [0.2, 0.25) is 0 Å². The minimum absolute atomic E-state index is 0.0586. The van der Waals surface area contributed by atoms with E-state index in [-0.39, 0.29) is 30.0 Å². The zero-order chi connectivity index (χ0) is 15.7. The van der Waals surface area contributed by atoms with E-state index >= 15 is 0 Å². The Bertz CT molecular complexity index is 626. The van der Waals surface area contributed by atoms with Gasteiger partial charge in [-0.2, -0.15) is 13.2 Å². The Balaban J connectivity index is 2.04. The van der Waals surface area contributed by atoms with Gasteiger partial charge < -0.3 is 5.32 Å². The molecular weight excluding hydrogens is 307 g/mol. The number of rotatable bonds is 2. The van der Waals surface area contributed by atoms with Gasteiger partial charge in [0.25, 0.3) is 0 Å². The van der Waals surface area contributed by atoms with E-state index in [1.807, 2.05) is 0 Å². The molecule has 2 rings (SSSR count). The molecule has 1 saturated heterocycles. The van der Waals surface area contributed by atoms with E-state index in [1.54, 1.807) is 0 Å². The van der Waals surface area contributed by atoms with Gasteiger partial charge in [0, 0.05) is 11.6 Å². The summed E-state index contributed by atoms with van der Waals surface area (Å²) >= 11 is 0. The topological polar surface area (TPSA) is 63.2 Å². The Morgan fingerprint density at radius 2 is 1.81 bits per heavy atom. The van der Waals surface area contributed by atoms with Crippen molar-refractivity contribution in [2.45, 2.75) is 19.0 Å². The second kappa shape index (κ2) is 5.67. The van der Waals surface area contributed by atoms with Crippen molar-refractivity contribution >= 4 is 21.4 Å². The number of anilines is 1. The van der Waals surface area contributed by atoms with Gasteiger partial charge in [-0.3, -0.25) is 4.79 Å². The molecule has 0 aromatic heterocycles. The summed E-state index contributed by atoms with van der Waals surface area (Å²) in [7, 11) is -3.08. The number of amides is 1. The maximum absolute atomic E-state index is 12.6. The first-order chi connectivity index (χ1) is 9.67. The van der Waals surface area contributed by atoms with Gasteiger partial charge >= 0.3 is 6.18 Å². The lowest BCUT2D eigenvalue weighted by molar-refractivity contribution is -0.137. The van der Waals surface area contributed by atoms with Crippen LogP contribution in [0.15, 0.2) is 24.3 Å². The molecule has 0 unspecified atom stereocenters. The van der Waals surface area contributed by atoms with E-state index in [1.165, 1.54) is 12.1 Å². The number of nitrogens with one attached hydrogen (secondary N) is 1. The zero-order valence-electron chi connectivity index (χ0n) is 11.0. The summed E-state index contributed by atoms with van der Waals surface area (Å²) in [6.07, 6.45) is -4.07. The first-order valence-electron chi connectivity index (χ1n) is 6.36. The lowest BCUT2D eigenvalue weighted by atomic mass is 10.0. The molecule has 1 amide bonds. The minimum Gasteiger partial charge on any atom is -0.326 e. The highest BCUT2D eigenvalue weighted by Crippen LogP contribution is 2.31. The third-order valence-electron chi connectivity index (χ3n) is 3.38. The van der Waals surface area contributed by atoms with Crippen molar-refractivity contribution in [2.24, 2.45) is 5.92 Å². The molecule has 8 heteroatoms. The lowest BCUT2D eigenvalue weighted by Crippen LogP contribution is -2.31. The highest BCUT2D eigenvalue weighted by Gasteiger charge is 2.31. The highest BCUT2D eigenvalue weighted by atomic mass is 32.2. The zero-order valence-corrected chi connectivity index (χ0v) is 11.8. The van der Waals surface area contributed by atoms with Gasteiger partial charge in [0.1, 0.15) is 9.84 Å². The van der Waals surface area contributed by atoms with Crippen LogP contribution in [-0.2, 0) is 20.8 Å². The van der Waals surface area contributed by atoms with Crippen molar-refractivity contribution in [1.82, 2.24) is 0 Å².